The van der Waals surface area contributed by atoms with Crippen LogP contribution in [0.15, 0.2) is 55.0 Å². The largest absolute Gasteiger partial charge is 0.346 e. The Hall–Kier alpha value is -3.75. The van der Waals surface area contributed by atoms with E-state index < -0.39 is 0 Å². The van der Waals surface area contributed by atoms with E-state index in [0.29, 0.717) is 0 Å². The molecular formula is C18H17N9. The topological polar surface area (TPSA) is 103 Å². The molecule has 4 aromatic rings. The number of anilines is 2. The van der Waals surface area contributed by atoms with Crippen LogP contribution in [0.4, 0.5) is 11.6 Å². The van der Waals surface area contributed by atoms with Gasteiger partial charge in [-0.1, -0.05) is 0 Å². The molecule has 0 fully saturated rings. The number of hydrogen-bond acceptors (Lipinski definition) is 7. The van der Waals surface area contributed by atoms with Crippen LogP contribution in [0, 0.1) is 0 Å². The number of aromatic nitrogens is 7. The van der Waals surface area contributed by atoms with Crippen LogP contribution in [0.1, 0.15) is 0 Å². The van der Waals surface area contributed by atoms with E-state index in [1.165, 1.54) is 0 Å². The maximum Gasteiger partial charge on any atom is 0.151 e. The zero-order chi connectivity index (χ0) is 18.2. The third-order valence-corrected chi connectivity index (χ3v) is 4.72. The molecule has 0 spiro atoms. The summed E-state index contributed by atoms with van der Waals surface area (Å²) in [5.41, 5.74) is 3.62. The summed E-state index contributed by atoms with van der Waals surface area (Å²) < 4.78 is 0. The van der Waals surface area contributed by atoms with Gasteiger partial charge in [0.2, 0.25) is 0 Å². The van der Waals surface area contributed by atoms with Crippen LogP contribution in [0.25, 0.3) is 22.4 Å². The van der Waals surface area contributed by atoms with E-state index >= 15 is 0 Å². The van der Waals surface area contributed by atoms with Crippen molar-refractivity contribution in [1.29, 1.82) is 0 Å². The molecular weight excluding hydrogens is 342 g/mol. The highest BCUT2D eigenvalue weighted by Gasteiger charge is 2.22. The van der Waals surface area contributed by atoms with E-state index in [4.69, 9.17) is 0 Å². The minimum atomic E-state index is 0.748. The second kappa shape index (κ2) is 6.20. The number of H-pyrrole nitrogens is 2. The monoisotopic (exact) mass is 359 g/mol. The third kappa shape index (κ3) is 2.69. The maximum absolute atomic E-state index is 4.54. The van der Waals surface area contributed by atoms with Gasteiger partial charge in [0.15, 0.2) is 5.82 Å². The molecule has 0 radical (unpaired) electrons. The molecule has 5 heterocycles. The van der Waals surface area contributed by atoms with Gasteiger partial charge >= 0.3 is 0 Å². The number of fused-ring (bicyclic) bond motifs is 1. The van der Waals surface area contributed by atoms with Crippen molar-refractivity contribution in [3.05, 3.63) is 55.0 Å². The molecule has 1 aliphatic heterocycles. The van der Waals surface area contributed by atoms with Crippen molar-refractivity contribution in [2.24, 2.45) is 0 Å². The van der Waals surface area contributed by atoms with Crippen molar-refractivity contribution in [1.82, 2.24) is 35.1 Å². The minimum Gasteiger partial charge on any atom is -0.346 e. The van der Waals surface area contributed by atoms with Gasteiger partial charge in [0.25, 0.3) is 0 Å². The van der Waals surface area contributed by atoms with Crippen molar-refractivity contribution in [2.75, 3.05) is 29.9 Å². The fourth-order valence-electron chi connectivity index (χ4n) is 3.23. The lowest BCUT2D eigenvalue weighted by molar-refractivity contribution is 0.919. The first kappa shape index (κ1) is 15.5. The highest BCUT2D eigenvalue weighted by atomic mass is 15.3. The zero-order valence-electron chi connectivity index (χ0n) is 14.7. The molecule has 0 aromatic carbocycles. The molecule has 5 rings (SSSR count). The van der Waals surface area contributed by atoms with E-state index in [1.807, 2.05) is 25.4 Å². The van der Waals surface area contributed by atoms with Gasteiger partial charge < -0.3 is 14.8 Å². The molecule has 2 N–H and O–H groups in total. The first-order valence-electron chi connectivity index (χ1n) is 8.57. The normalized spacial score (nSPS) is 14.0. The summed E-state index contributed by atoms with van der Waals surface area (Å²) in [4.78, 5) is 25.2. The van der Waals surface area contributed by atoms with Crippen LogP contribution < -0.4 is 9.80 Å². The van der Waals surface area contributed by atoms with E-state index in [-0.39, 0.29) is 0 Å². The molecule has 0 saturated carbocycles. The zero-order valence-corrected chi connectivity index (χ0v) is 14.7. The van der Waals surface area contributed by atoms with Crippen molar-refractivity contribution in [2.45, 2.75) is 0 Å². The Morgan fingerprint density at radius 2 is 2.07 bits per heavy atom. The molecule has 27 heavy (non-hydrogen) atoms. The lowest BCUT2D eigenvalue weighted by Crippen LogP contribution is -2.26. The van der Waals surface area contributed by atoms with Gasteiger partial charge in [-0.15, -0.1) is 0 Å². The molecule has 0 bridgehead atoms. The van der Waals surface area contributed by atoms with Crippen LogP contribution in [-0.2, 0) is 0 Å². The van der Waals surface area contributed by atoms with Crippen molar-refractivity contribution >= 4 is 22.7 Å². The third-order valence-electron chi connectivity index (χ3n) is 4.72. The molecule has 1 aliphatic rings. The Morgan fingerprint density at radius 3 is 2.89 bits per heavy atom. The lowest BCUT2D eigenvalue weighted by atomic mass is 10.3. The smallest absolute Gasteiger partial charge is 0.151 e. The Kier molecular flexibility index (Phi) is 3.56. The van der Waals surface area contributed by atoms with Crippen molar-refractivity contribution in [3.63, 3.8) is 0 Å². The predicted octanol–water partition coefficient (Wildman–Crippen LogP) is 1.98. The van der Waals surface area contributed by atoms with E-state index in [2.05, 4.69) is 51.0 Å². The quantitative estimate of drug-likeness (QED) is 0.574. The minimum absolute atomic E-state index is 0.748. The molecule has 9 nitrogen and oxygen atoms in total. The summed E-state index contributed by atoms with van der Waals surface area (Å²) >= 11 is 0. The Labute approximate surface area is 154 Å². The second-order valence-electron chi connectivity index (χ2n) is 6.30. The molecule has 4 aromatic heterocycles. The van der Waals surface area contributed by atoms with Gasteiger partial charge in [0.05, 0.1) is 30.0 Å². The maximum atomic E-state index is 4.54. The highest BCUT2D eigenvalue weighted by molar-refractivity contribution is 5.87. The summed E-state index contributed by atoms with van der Waals surface area (Å²) in [6, 6.07) is 3.88. The summed E-state index contributed by atoms with van der Waals surface area (Å²) in [6.07, 6.45) is 10.9. The van der Waals surface area contributed by atoms with Crippen LogP contribution >= 0.6 is 0 Å². The van der Waals surface area contributed by atoms with Crippen molar-refractivity contribution in [3.8, 4) is 11.4 Å². The molecule has 0 aliphatic carbocycles. The second-order valence-corrected chi connectivity index (χ2v) is 6.30. The summed E-state index contributed by atoms with van der Waals surface area (Å²) in [5.74, 6) is 1.72. The number of aromatic amines is 2. The van der Waals surface area contributed by atoms with Gasteiger partial charge in [-0.25, -0.2) is 19.9 Å². The SMILES string of the molecule is CN(C1=CCN(c2ncnc3[nH]ccc23)C1)c1cnc(-c2ccn[nH]2)cn1. The fraction of sp³-hybridized carbons (Fsp3) is 0.167. The Balaban J connectivity index is 1.34. The number of likely N-dealkylation sites (N-methyl/N-ethyl adjacent to an activating group) is 1. The van der Waals surface area contributed by atoms with Gasteiger partial charge in [0, 0.05) is 31.7 Å². The van der Waals surface area contributed by atoms with Crippen LogP contribution in [0.5, 0.6) is 0 Å². The average molecular weight is 359 g/mol. The van der Waals surface area contributed by atoms with E-state index in [1.54, 1.807) is 24.9 Å². The first-order valence-corrected chi connectivity index (χ1v) is 8.57. The molecule has 0 saturated heterocycles. The highest BCUT2D eigenvalue weighted by Crippen LogP contribution is 2.27. The number of nitrogens with zero attached hydrogens (tertiary/aromatic N) is 7. The number of nitrogens with one attached hydrogen (secondary N) is 2. The first-order chi connectivity index (χ1) is 13.3. The lowest BCUT2D eigenvalue weighted by Gasteiger charge is -2.22. The van der Waals surface area contributed by atoms with Gasteiger partial charge in [-0.3, -0.25) is 5.10 Å². The fourth-order valence-corrected chi connectivity index (χ4v) is 3.23. The van der Waals surface area contributed by atoms with Gasteiger partial charge in [-0.05, 0) is 18.2 Å². The standard InChI is InChI=1S/C18H17N9/c1-26(16-9-20-15(8-21-16)14-3-6-24-25-14)12-4-7-27(10-12)18-13-2-5-19-17(13)22-11-23-18/h2-6,8-9,11H,7,10H2,1H3,(H,24,25)(H,19,22,23). The average Bonchev–Trinajstić information content (AvgIpc) is 3.48. The summed E-state index contributed by atoms with van der Waals surface area (Å²) in [5, 5.41) is 7.86. The molecule has 0 amide bonds. The molecule has 9 heteroatoms. The van der Waals surface area contributed by atoms with Crippen LogP contribution in [-0.4, -0.2) is 55.3 Å². The van der Waals surface area contributed by atoms with E-state index in [9.17, 15) is 0 Å². The van der Waals surface area contributed by atoms with Gasteiger partial charge in [-0.2, -0.15) is 5.10 Å². The molecule has 134 valence electrons. The predicted molar refractivity (Wildman–Crippen MR) is 102 cm³/mol. The number of hydrogen-bond donors (Lipinski definition) is 2. The Morgan fingerprint density at radius 1 is 1.11 bits per heavy atom. The van der Waals surface area contributed by atoms with Crippen molar-refractivity contribution < 1.29 is 0 Å². The Bertz CT molecular complexity index is 1100. The van der Waals surface area contributed by atoms with E-state index in [0.717, 1.165) is 52.8 Å². The number of rotatable bonds is 4. The van der Waals surface area contributed by atoms with Gasteiger partial charge in [0.1, 0.15) is 23.5 Å². The molecule has 0 atom stereocenters. The summed E-state index contributed by atoms with van der Waals surface area (Å²) in [7, 11) is 2.00. The van der Waals surface area contributed by atoms with Crippen LogP contribution in [0.3, 0.4) is 0 Å². The molecule has 0 unspecified atom stereocenters. The summed E-state index contributed by atoms with van der Waals surface area (Å²) in [6.45, 7) is 1.54. The van der Waals surface area contributed by atoms with Crippen LogP contribution in [0.2, 0.25) is 0 Å².